The third kappa shape index (κ3) is 5.18. The van der Waals surface area contributed by atoms with E-state index in [1.807, 2.05) is 0 Å². The van der Waals surface area contributed by atoms with Crippen molar-refractivity contribution in [2.24, 2.45) is 0 Å². The van der Waals surface area contributed by atoms with Crippen LogP contribution in [0.25, 0.3) is 0 Å². The Hall–Kier alpha value is -2.20. The van der Waals surface area contributed by atoms with Gasteiger partial charge in [-0.1, -0.05) is 0 Å². The minimum absolute atomic E-state index is 0.0768. The van der Waals surface area contributed by atoms with Crippen LogP contribution in [0.5, 0.6) is 11.5 Å². The lowest BCUT2D eigenvalue weighted by molar-refractivity contribution is -0.275. The Kier molecular flexibility index (Phi) is 5.67. The maximum absolute atomic E-state index is 13.1. The van der Waals surface area contributed by atoms with Crippen LogP contribution in [0.2, 0.25) is 0 Å². The van der Waals surface area contributed by atoms with Crippen LogP contribution in [0, 0.1) is 0 Å². The van der Waals surface area contributed by atoms with E-state index in [0.717, 1.165) is 7.11 Å². The lowest BCUT2D eigenvalue weighted by Crippen LogP contribution is -2.21. The summed E-state index contributed by atoms with van der Waals surface area (Å²) in [5.74, 6) is -3.50. The summed E-state index contributed by atoms with van der Waals surface area (Å²) in [6, 6.07) is 0. The number of halogens is 6. The topological polar surface area (TPSA) is 57.7 Å². The molecule has 130 valence electrons. The second-order valence-corrected chi connectivity index (χ2v) is 4.00. The van der Waals surface area contributed by atoms with Crippen molar-refractivity contribution >= 4 is 5.97 Å². The van der Waals surface area contributed by atoms with Gasteiger partial charge in [0.05, 0.1) is 32.0 Å². The van der Waals surface area contributed by atoms with E-state index in [0.29, 0.717) is 6.20 Å². The number of carbonyl (C=O) groups is 1. The predicted octanol–water partition coefficient (Wildman–Crippen LogP) is 3.11. The van der Waals surface area contributed by atoms with Gasteiger partial charge in [0.15, 0.2) is 11.5 Å². The molecule has 0 saturated carbocycles. The van der Waals surface area contributed by atoms with Crippen LogP contribution in [0.4, 0.5) is 26.3 Å². The maximum Gasteiger partial charge on any atom is 0.573 e. The van der Waals surface area contributed by atoms with Crippen molar-refractivity contribution in [3.63, 3.8) is 0 Å². The molecule has 0 atom stereocenters. The largest absolute Gasteiger partial charge is 0.573 e. The van der Waals surface area contributed by atoms with E-state index in [9.17, 15) is 31.1 Å². The molecule has 0 unspecified atom stereocenters. The van der Waals surface area contributed by atoms with Crippen molar-refractivity contribution in [2.75, 3.05) is 13.7 Å². The molecule has 11 heteroatoms. The van der Waals surface area contributed by atoms with Gasteiger partial charge in [-0.2, -0.15) is 13.2 Å². The molecule has 0 N–H and O–H groups in total. The van der Waals surface area contributed by atoms with Gasteiger partial charge >= 0.3 is 18.5 Å². The first-order valence-electron chi connectivity index (χ1n) is 6.04. The van der Waals surface area contributed by atoms with Crippen molar-refractivity contribution in [1.29, 1.82) is 0 Å². The quantitative estimate of drug-likeness (QED) is 0.605. The third-order valence-corrected chi connectivity index (χ3v) is 2.41. The number of esters is 1. The molecule has 1 heterocycles. The first-order valence-corrected chi connectivity index (χ1v) is 6.04. The van der Waals surface area contributed by atoms with E-state index in [1.54, 1.807) is 0 Å². The van der Waals surface area contributed by atoms with Crippen molar-refractivity contribution in [1.82, 2.24) is 4.98 Å². The molecule has 0 saturated heterocycles. The molecule has 0 aromatic carbocycles. The van der Waals surface area contributed by atoms with Crippen LogP contribution in [-0.2, 0) is 22.1 Å². The Labute approximate surface area is 126 Å². The maximum atomic E-state index is 13.1. The molecule has 5 nitrogen and oxygen atoms in total. The standard InChI is InChI=1S/C12H11F6NO4/c1-3-22-8(20)4-6-9(11(13,14)15)10(21-2)7(5-19-6)23-12(16,17)18/h5H,3-4H2,1-2H3. The minimum Gasteiger partial charge on any atom is -0.492 e. The first-order chi connectivity index (χ1) is 10.5. The number of ether oxygens (including phenoxy) is 3. The Morgan fingerprint density at radius 2 is 1.83 bits per heavy atom. The summed E-state index contributed by atoms with van der Waals surface area (Å²) in [5, 5.41) is 0. The molecule has 0 amide bonds. The number of nitrogens with zero attached hydrogens (tertiary/aromatic N) is 1. The molecule has 0 aliphatic heterocycles. The molecule has 0 bridgehead atoms. The fourth-order valence-corrected chi connectivity index (χ4v) is 1.69. The average molecular weight is 347 g/mol. The first kappa shape index (κ1) is 18.8. The van der Waals surface area contributed by atoms with Crippen molar-refractivity contribution in [3.8, 4) is 11.5 Å². The summed E-state index contributed by atoms with van der Waals surface area (Å²) in [7, 11) is 0.738. The third-order valence-electron chi connectivity index (χ3n) is 2.41. The van der Waals surface area contributed by atoms with E-state index in [2.05, 4.69) is 19.2 Å². The second-order valence-electron chi connectivity index (χ2n) is 4.00. The minimum atomic E-state index is -5.24. The number of pyridine rings is 1. The summed E-state index contributed by atoms with van der Waals surface area (Å²) in [6.45, 7) is 1.36. The molecular formula is C12H11F6NO4. The van der Waals surface area contributed by atoms with Gasteiger partial charge in [-0.25, -0.2) is 0 Å². The number of hydrogen-bond acceptors (Lipinski definition) is 5. The number of hydrogen-bond donors (Lipinski definition) is 0. The highest BCUT2D eigenvalue weighted by atomic mass is 19.4. The molecule has 0 radical (unpaired) electrons. The van der Waals surface area contributed by atoms with E-state index in [1.165, 1.54) is 6.92 Å². The number of methoxy groups -OCH3 is 1. The van der Waals surface area contributed by atoms with E-state index in [4.69, 9.17) is 0 Å². The molecule has 23 heavy (non-hydrogen) atoms. The summed E-state index contributed by atoms with van der Waals surface area (Å²) < 4.78 is 88.5. The number of aromatic nitrogens is 1. The van der Waals surface area contributed by atoms with Gasteiger partial charge < -0.3 is 14.2 Å². The zero-order valence-corrected chi connectivity index (χ0v) is 11.8. The highest BCUT2D eigenvalue weighted by Crippen LogP contribution is 2.44. The zero-order chi connectivity index (χ0) is 17.8. The van der Waals surface area contributed by atoms with Crippen LogP contribution in [0.15, 0.2) is 6.20 Å². The fourth-order valence-electron chi connectivity index (χ4n) is 1.69. The SMILES string of the molecule is CCOC(=O)Cc1ncc(OC(F)(F)F)c(OC)c1C(F)(F)F. The summed E-state index contributed by atoms with van der Waals surface area (Å²) in [5.41, 5.74) is -2.46. The summed E-state index contributed by atoms with van der Waals surface area (Å²) in [6.07, 6.45) is -10.8. The molecule has 0 aliphatic rings. The van der Waals surface area contributed by atoms with Crippen molar-refractivity contribution in [3.05, 3.63) is 17.5 Å². The Morgan fingerprint density at radius 1 is 1.22 bits per heavy atom. The van der Waals surface area contributed by atoms with Crippen LogP contribution < -0.4 is 9.47 Å². The fraction of sp³-hybridized carbons (Fsp3) is 0.500. The lowest BCUT2D eigenvalue weighted by Gasteiger charge is -2.19. The summed E-state index contributed by atoms with van der Waals surface area (Å²) >= 11 is 0. The van der Waals surface area contributed by atoms with Gasteiger partial charge in [0.25, 0.3) is 0 Å². The van der Waals surface area contributed by atoms with Crippen LogP contribution in [0.1, 0.15) is 18.2 Å². The Bertz CT molecular complexity index is 570. The monoisotopic (exact) mass is 347 g/mol. The molecule has 1 aromatic heterocycles. The van der Waals surface area contributed by atoms with Gasteiger partial charge in [-0.15, -0.1) is 13.2 Å². The number of alkyl halides is 6. The lowest BCUT2D eigenvalue weighted by atomic mass is 10.1. The normalized spacial score (nSPS) is 12.0. The molecule has 0 spiro atoms. The van der Waals surface area contributed by atoms with E-state index < -0.39 is 47.7 Å². The van der Waals surface area contributed by atoms with Gasteiger partial charge in [-0.3, -0.25) is 9.78 Å². The molecule has 0 fully saturated rings. The highest BCUT2D eigenvalue weighted by Gasteiger charge is 2.42. The average Bonchev–Trinajstić information content (AvgIpc) is 2.37. The highest BCUT2D eigenvalue weighted by molar-refractivity contribution is 5.73. The Morgan fingerprint density at radius 3 is 2.26 bits per heavy atom. The second kappa shape index (κ2) is 6.92. The smallest absolute Gasteiger partial charge is 0.492 e. The van der Waals surface area contributed by atoms with E-state index in [-0.39, 0.29) is 6.61 Å². The Balaban J connectivity index is 3.40. The molecular weight excluding hydrogens is 336 g/mol. The number of carbonyl (C=O) groups excluding carboxylic acids is 1. The van der Waals surface area contributed by atoms with Gasteiger partial charge in [0.2, 0.25) is 0 Å². The van der Waals surface area contributed by atoms with Crippen molar-refractivity contribution < 1.29 is 45.3 Å². The van der Waals surface area contributed by atoms with Gasteiger partial charge in [0, 0.05) is 0 Å². The zero-order valence-electron chi connectivity index (χ0n) is 11.8. The predicted molar refractivity (Wildman–Crippen MR) is 62.8 cm³/mol. The van der Waals surface area contributed by atoms with Crippen LogP contribution in [0.3, 0.4) is 0 Å². The van der Waals surface area contributed by atoms with Gasteiger partial charge in [0.1, 0.15) is 5.56 Å². The van der Waals surface area contributed by atoms with Crippen LogP contribution >= 0.6 is 0 Å². The van der Waals surface area contributed by atoms with E-state index >= 15 is 0 Å². The van der Waals surface area contributed by atoms with Gasteiger partial charge in [-0.05, 0) is 6.92 Å². The molecule has 1 rings (SSSR count). The number of rotatable bonds is 5. The summed E-state index contributed by atoms with van der Waals surface area (Å²) in [4.78, 5) is 14.6. The molecule has 0 aliphatic carbocycles. The van der Waals surface area contributed by atoms with Crippen molar-refractivity contribution in [2.45, 2.75) is 25.9 Å². The van der Waals surface area contributed by atoms with Crippen LogP contribution in [-0.4, -0.2) is 31.0 Å². The molecule has 1 aromatic rings.